The zero-order valence-electron chi connectivity index (χ0n) is 24.2. The van der Waals surface area contributed by atoms with E-state index in [0.717, 1.165) is 44.9 Å². The van der Waals surface area contributed by atoms with Crippen molar-refractivity contribution in [2.45, 2.75) is 112 Å². The normalized spacial score (nSPS) is 50.1. The number of aliphatic hydroxyl groups excluding tert-OH is 1. The second-order valence-corrected chi connectivity index (χ2v) is 15.3. The van der Waals surface area contributed by atoms with E-state index < -0.39 is 11.4 Å². The molecule has 10 atom stereocenters. The molecule has 5 heteroatoms. The molecule has 0 aliphatic heterocycles. The molecule has 0 spiro atoms. The number of aliphatic carboxylic acids is 1. The number of hydrogen-bond donors (Lipinski definition) is 3. The number of carbonyl (C=O) groups excluding carboxylic acids is 1. The minimum absolute atomic E-state index is 0.0309. The molecule has 0 unspecified atom stereocenters. The van der Waals surface area contributed by atoms with Gasteiger partial charge in [-0.15, -0.1) is 0 Å². The summed E-state index contributed by atoms with van der Waals surface area (Å²) in [5, 5.41) is 23.0. The van der Waals surface area contributed by atoms with Crippen molar-refractivity contribution in [3.8, 4) is 0 Å². The van der Waals surface area contributed by atoms with Gasteiger partial charge in [0.25, 0.3) is 0 Å². The van der Waals surface area contributed by atoms with Crippen LogP contribution < -0.4 is 5.32 Å². The number of allylic oxidation sites excluding steroid dienone is 1. The third kappa shape index (κ3) is 3.50. The van der Waals surface area contributed by atoms with Crippen LogP contribution in [0.25, 0.3) is 0 Å². The molecule has 0 bridgehead atoms. The third-order valence-corrected chi connectivity index (χ3v) is 13.9. The van der Waals surface area contributed by atoms with Gasteiger partial charge in [-0.25, -0.2) is 0 Å². The van der Waals surface area contributed by atoms with Crippen molar-refractivity contribution in [2.24, 2.45) is 56.7 Å². The molecule has 0 radical (unpaired) electrons. The fraction of sp³-hybridized carbons (Fsp3) is 0.875. The smallest absolute Gasteiger partial charge is 0.322 e. The average molecular weight is 514 g/mol. The van der Waals surface area contributed by atoms with Crippen LogP contribution in [0.2, 0.25) is 0 Å². The molecule has 5 aliphatic rings. The van der Waals surface area contributed by atoms with Crippen LogP contribution >= 0.6 is 0 Å². The minimum Gasteiger partial charge on any atom is -0.480 e. The summed E-state index contributed by atoms with van der Waals surface area (Å²) >= 11 is 0. The highest BCUT2D eigenvalue weighted by Crippen LogP contribution is 2.77. The van der Waals surface area contributed by atoms with Crippen LogP contribution in [0.1, 0.15) is 106 Å². The number of rotatable bonds is 4. The van der Waals surface area contributed by atoms with Crippen LogP contribution in [0.4, 0.5) is 0 Å². The molecule has 5 saturated carbocycles. The molecular formula is C32H51NO4. The van der Waals surface area contributed by atoms with Crippen LogP contribution in [0, 0.1) is 56.7 Å². The highest BCUT2D eigenvalue weighted by Gasteiger charge is 2.71. The first-order valence-corrected chi connectivity index (χ1v) is 15.0. The van der Waals surface area contributed by atoms with Crippen LogP contribution in [0.3, 0.4) is 0 Å². The summed E-state index contributed by atoms with van der Waals surface area (Å²) < 4.78 is 0. The maximum atomic E-state index is 13.7. The lowest BCUT2D eigenvalue weighted by Gasteiger charge is -2.72. The summed E-state index contributed by atoms with van der Waals surface area (Å²) in [4.78, 5) is 25.0. The van der Waals surface area contributed by atoms with E-state index in [9.17, 15) is 19.8 Å². The monoisotopic (exact) mass is 513 g/mol. The van der Waals surface area contributed by atoms with E-state index >= 15 is 0 Å². The van der Waals surface area contributed by atoms with E-state index in [0.29, 0.717) is 23.7 Å². The molecular weight excluding hydrogens is 462 g/mol. The van der Waals surface area contributed by atoms with Gasteiger partial charge in [-0.2, -0.15) is 0 Å². The van der Waals surface area contributed by atoms with Crippen LogP contribution in [-0.4, -0.2) is 34.7 Å². The first kappa shape index (κ1) is 27.2. The molecule has 0 heterocycles. The molecule has 5 fully saturated rings. The summed E-state index contributed by atoms with van der Waals surface area (Å²) in [6, 6.07) is 0. The zero-order chi connectivity index (χ0) is 27.2. The van der Waals surface area contributed by atoms with Gasteiger partial charge in [-0.3, -0.25) is 9.59 Å². The Morgan fingerprint density at radius 2 is 1.57 bits per heavy atom. The van der Waals surface area contributed by atoms with Crippen molar-refractivity contribution in [2.75, 3.05) is 6.54 Å². The van der Waals surface area contributed by atoms with E-state index in [1.54, 1.807) is 0 Å². The van der Waals surface area contributed by atoms with E-state index in [1.807, 2.05) is 0 Å². The Balaban J connectivity index is 1.53. The lowest BCUT2D eigenvalue weighted by atomic mass is 9.32. The van der Waals surface area contributed by atoms with Gasteiger partial charge in [-0.05, 0) is 122 Å². The molecule has 208 valence electrons. The van der Waals surface area contributed by atoms with Crippen molar-refractivity contribution < 1.29 is 19.8 Å². The number of carboxylic acids is 1. The Bertz CT molecular complexity index is 989. The number of nitrogens with one attached hydrogen (secondary N) is 1. The number of aliphatic hydroxyl groups is 1. The number of fused-ring (bicyclic) bond motifs is 7. The molecule has 0 aromatic rings. The lowest BCUT2D eigenvalue weighted by molar-refractivity contribution is -0.246. The standard InChI is InChI=1S/C32H51NO4/c1-19(2)20-10-15-32(27(37)33-18-25(35)36)17-16-30(6)21(26(20)32)8-9-23-29(5)13-12-24(34)28(3,4)22(29)11-14-31(23,30)7/h20-24,26,34H,1,8-18H2,2-7H3,(H,33,37)(H,35,36)/t20-,21+,22-,23+,24-,26+,29-,30+,31+,32-/m0/s1. The zero-order valence-corrected chi connectivity index (χ0v) is 24.2. The first-order valence-electron chi connectivity index (χ1n) is 15.0. The van der Waals surface area contributed by atoms with E-state index in [1.165, 1.54) is 24.8 Å². The van der Waals surface area contributed by atoms with Crippen molar-refractivity contribution in [1.29, 1.82) is 0 Å². The fourth-order valence-electron chi connectivity index (χ4n) is 11.9. The predicted octanol–water partition coefficient (Wildman–Crippen LogP) is 6.21. The van der Waals surface area contributed by atoms with Gasteiger partial charge in [0.05, 0.1) is 11.5 Å². The fourth-order valence-corrected chi connectivity index (χ4v) is 11.9. The molecule has 0 aromatic carbocycles. The Hall–Kier alpha value is -1.36. The van der Waals surface area contributed by atoms with Crippen molar-refractivity contribution in [1.82, 2.24) is 5.32 Å². The molecule has 1 amide bonds. The third-order valence-electron chi connectivity index (χ3n) is 13.9. The number of carbonyl (C=O) groups is 2. The molecule has 3 N–H and O–H groups in total. The maximum Gasteiger partial charge on any atom is 0.322 e. The van der Waals surface area contributed by atoms with Crippen LogP contribution in [0.5, 0.6) is 0 Å². The Morgan fingerprint density at radius 3 is 2.22 bits per heavy atom. The van der Waals surface area contributed by atoms with Crippen molar-refractivity contribution in [3.63, 3.8) is 0 Å². The molecule has 37 heavy (non-hydrogen) atoms. The summed E-state index contributed by atoms with van der Waals surface area (Å²) in [6.07, 6.45) is 10.2. The van der Waals surface area contributed by atoms with Crippen LogP contribution in [0.15, 0.2) is 12.2 Å². The first-order chi connectivity index (χ1) is 17.1. The van der Waals surface area contributed by atoms with Gasteiger partial charge in [0.15, 0.2) is 0 Å². The van der Waals surface area contributed by atoms with Crippen molar-refractivity contribution in [3.05, 3.63) is 12.2 Å². The molecule has 0 aromatic heterocycles. The Morgan fingerprint density at radius 1 is 0.865 bits per heavy atom. The van der Waals surface area contributed by atoms with Crippen molar-refractivity contribution >= 4 is 11.9 Å². The quantitative estimate of drug-likeness (QED) is 0.390. The molecule has 0 saturated heterocycles. The summed E-state index contributed by atoms with van der Waals surface area (Å²) in [5.74, 6) is 1.18. The second-order valence-electron chi connectivity index (χ2n) is 15.3. The number of carboxylic acid groups (broad SMARTS) is 1. The Labute approximate surface area is 224 Å². The van der Waals surface area contributed by atoms with Gasteiger partial charge < -0.3 is 15.5 Å². The average Bonchev–Trinajstić information content (AvgIpc) is 3.22. The number of hydrogen-bond acceptors (Lipinski definition) is 3. The topological polar surface area (TPSA) is 86.6 Å². The van der Waals surface area contributed by atoms with Gasteiger partial charge in [0.1, 0.15) is 6.54 Å². The predicted molar refractivity (Wildman–Crippen MR) is 146 cm³/mol. The maximum absolute atomic E-state index is 13.7. The largest absolute Gasteiger partial charge is 0.480 e. The van der Waals surface area contributed by atoms with Crippen LogP contribution in [-0.2, 0) is 9.59 Å². The van der Waals surface area contributed by atoms with E-state index in [4.69, 9.17) is 0 Å². The van der Waals surface area contributed by atoms with E-state index in [2.05, 4.69) is 53.4 Å². The van der Waals surface area contributed by atoms with Gasteiger partial charge in [0, 0.05) is 0 Å². The highest BCUT2D eigenvalue weighted by atomic mass is 16.4. The summed E-state index contributed by atoms with van der Waals surface area (Å²) in [6.45, 7) is 18.5. The van der Waals surface area contributed by atoms with Gasteiger partial charge >= 0.3 is 5.97 Å². The summed E-state index contributed by atoms with van der Waals surface area (Å²) in [7, 11) is 0. The molecule has 5 aliphatic carbocycles. The molecule has 5 nitrogen and oxygen atoms in total. The van der Waals surface area contributed by atoms with E-state index in [-0.39, 0.29) is 46.1 Å². The SMILES string of the molecule is C=C(C)[C@@H]1CC[C@]2(C(=O)NCC(=O)O)CC[C@]3(C)[C@H](CC[C@@H]4[C@@]5(C)CC[C@H](O)C(C)(C)[C@@H]5CC[C@]43C)[C@@H]12. The lowest BCUT2D eigenvalue weighted by Crippen LogP contribution is -2.67. The minimum atomic E-state index is -0.977. The highest BCUT2D eigenvalue weighted by molar-refractivity contribution is 5.86. The van der Waals surface area contributed by atoms with Gasteiger partial charge in [-0.1, -0.05) is 46.8 Å². The number of amides is 1. The van der Waals surface area contributed by atoms with Gasteiger partial charge in [0.2, 0.25) is 5.91 Å². The Kier molecular flexibility index (Phi) is 6.30. The summed E-state index contributed by atoms with van der Waals surface area (Å²) in [5.41, 5.74) is 1.25. The molecule has 5 rings (SSSR count). The second kappa shape index (κ2) is 8.57.